The second kappa shape index (κ2) is 4.51. The third-order valence-corrected chi connectivity index (χ3v) is 1.44. The highest BCUT2D eigenvalue weighted by Crippen LogP contribution is 2.14. The maximum Gasteiger partial charge on any atom is 0.337 e. The van der Waals surface area contributed by atoms with Gasteiger partial charge in [0.2, 0.25) is 0 Å². The average molecular weight is 182 g/mol. The number of carboxylic acids is 1. The second-order valence-electron chi connectivity index (χ2n) is 2.35. The summed E-state index contributed by atoms with van der Waals surface area (Å²) in [5.74, 6) is -1.03. The topological polar surface area (TPSA) is 72.3 Å². The first kappa shape index (κ1) is 9.60. The van der Waals surface area contributed by atoms with Gasteiger partial charge in [-0.1, -0.05) is 0 Å². The van der Waals surface area contributed by atoms with Crippen LogP contribution in [0.5, 0.6) is 0 Å². The number of hydrogen-bond acceptors (Lipinski definition) is 4. The predicted molar refractivity (Wildman–Crippen MR) is 44.0 cm³/mol. The SMILES string of the molecule is CCOC(C(=O)O)c1cncnc1. The molecule has 0 saturated heterocycles. The van der Waals surface area contributed by atoms with Gasteiger partial charge in [-0.15, -0.1) is 0 Å². The average Bonchev–Trinajstić information content (AvgIpc) is 2.15. The van der Waals surface area contributed by atoms with Crippen LogP contribution in [0, 0.1) is 0 Å². The normalized spacial score (nSPS) is 12.4. The minimum absolute atomic E-state index is 0.339. The molecule has 0 amide bonds. The lowest BCUT2D eigenvalue weighted by atomic mass is 10.2. The quantitative estimate of drug-likeness (QED) is 0.739. The zero-order chi connectivity index (χ0) is 9.68. The monoisotopic (exact) mass is 182 g/mol. The molecule has 1 unspecified atom stereocenters. The van der Waals surface area contributed by atoms with Crippen LogP contribution in [0.4, 0.5) is 0 Å². The molecule has 13 heavy (non-hydrogen) atoms. The van der Waals surface area contributed by atoms with Gasteiger partial charge in [-0.3, -0.25) is 0 Å². The molecule has 0 bridgehead atoms. The molecule has 0 saturated carbocycles. The van der Waals surface area contributed by atoms with Crippen molar-refractivity contribution in [2.45, 2.75) is 13.0 Å². The van der Waals surface area contributed by atoms with Crippen LogP contribution in [-0.4, -0.2) is 27.7 Å². The highest BCUT2D eigenvalue weighted by atomic mass is 16.5. The van der Waals surface area contributed by atoms with E-state index in [1.807, 2.05) is 0 Å². The summed E-state index contributed by atoms with van der Waals surface area (Å²) >= 11 is 0. The number of aliphatic carboxylic acids is 1. The van der Waals surface area contributed by atoms with Crippen LogP contribution >= 0.6 is 0 Å². The van der Waals surface area contributed by atoms with E-state index in [-0.39, 0.29) is 0 Å². The molecule has 1 N–H and O–H groups in total. The minimum atomic E-state index is -1.03. The highest BCUT2D eigenvalue weighted by molar-refractivity contribution is 5.74. The molecule has 70 valence electrons. The summed E-state index contributed by atoms with van der Waals surface area (Å²) in [6, 6.07) is 0. The standard InChI is InChI=1S/C8H10N2O3/c1-2-13-7(8(11)12)6-3-9-5-10-4-6/h3-5,7H,2H2,1H3,(H,11,12). The molecule has 5 heteroatoms. The van der Waals surface area contributed by atoms with E-state index >= 15 is 0 Å². The summed E-state index contributed by atoms with van der Waals surface area (Å²) in [4.78, 5) is 18.1. The van der Waals surface area contributed by atoms with Crippen molar-refractivity contribution in [3.63, 3.8) is 0 Å². The molecule has 0 aliphatic heterocycles. The summed E-state index contributed by atoms with van der Waals surface area (Å²) in [6.07, 6.45) is 3.24. The third kappa shape index (κ3) is 2.48. The van der Waals surface area contributed by atoms with Crippen LogP contribution in [0.1, 0.15) is 18.6 Å². The molecule has 1 rings (SSSR count). The van der Waals surface area contributed by atoms with Crippen molar-refractivity contribution in [1.29, 1.82) is 0 Å². The zero-order valence-corrected chi connectivity index (χ0v) is 7.17. The zero-order valence-electron chi connectivity index (χ0n) is 7.17. The summed E-state index contributed by atoms with van der Waals surface area (Å²) in [5.41, 5.74) is 0.455. The van der Waals surface area contributed by atoms with E-state index in [0.29, 0.717) is 12.2 Å². The van der Waals surface area contributed by atoms with Crippen LogP contribution in [0.15, 0.2) is 18.7 Å². The summed E-state index contributed by atoms with van der Waals surface area (Å²) in [6.45, 7) is 2.07. The Morgan fingerprint density at radius 1 is 1.62 bits per heavy atom. The lowest BCUT2D eigenvalue weighted by molar-refractivity contribution is -0.150. The Kier molecular flexibility index (Phi) is 3.33. The maximum atomic E-state index is 10.7. The lowest BCUT2D eigenvalue weighted by Crippen LogP contribution is -2.15. The molecule has 1 heterocycles. The number of carboxylic acid groups (broad SMARTS) is 1. The number of nitrogens with zero attached hydrogens (tertiary/aromatic N) is 2. The van der Waals surface area contributed by atoms with E-state index < -0.39 is 12.1 Å². The van der Waals surface area contributed by atoms with Crippen LogP contribution in [0.3, 0.4) is 0 Å². The fourth-order valence-corrected chi connectivity index (χ4v) is 0.923. The minimum Gasteiger partial charge on any atom is -0.479 e. The molecule has 5 nitrogen and oxygen atoms in total. The van der Waals surface area contributed by atoms with E-state index in [1.165, 1.54) is 18.7 Å². The lowest BCUT2D eigenvalue weighted by Gasteiger charge is -2.10. The molecule has 0 radical (unpaired) electrons. The molecule has 1 aromatic rings. The molecule has 0 aliphatic carbocycles. The van der Waals surface area contributed by atoms with Crippen molar-refractivity contribution >= 4 is 5.97 Å². The largest absolute Gasteiger partial charge is 0.479 e. The van der Waals surface area contributed by atoms with Crippen molar-refractivity contribution in [1.82, 2.24) is 9.97 Å². The first-order valence-electron chi connectivity index (χ1n) is 3.85. The molecular weight excluding hydrogens is 172 g/mol. The van der Waals surface area contributed by atoms with Crippen LogP contribution in [0.25, 0.3) is 0 Å². The Hall–Kier alpha value is -1.49. The Morgan fingerprint density at radius 2 is 2.23 bits per heavy atom. The molecule has 1 aromatic heterocycles. The molecule has 0 aliphatic rings. The van der Waals surface area contributed by atoms with Gasteiger partial charge >= 0.3 is 5.97 Å². The van der Waals surface area contributed by atoms with Crippen LogP contribution in [0.2, 0.25) is 0 Å². The summed E-state index contributed by atoms with van der Waals surface area (Å²) in [5, 5.41) is 8.78. The van der Waals surface area contributed by atoms with Crippen LogP contribution in [-0.2, 0) is 9.53 Å². The van der Waals surface area contributed by atoms with Gasteiger partial charge in [-0.05, 0) is 6.92 Å². The predicted octanol–water partition coefficient (Wildman–Crippen LogP) is 0.639. The molecule has 0 spiro atoms. The molecular formula is C8H10N2O3. The van der Waals surface area contributed by atoms with E-state index in [9.17, 15) is 4.79 Å². The van der Waals surface area contributed by atoms with Gasteiger partial charge in [0.1, 0.15) is 6.33 Å². The van der Waals surface area contributed by atoms with Gasteiger partial charge in [0.15, 0.2) is 6.10 Å². The Labute approximate surface area is 75.4 Å². The van der Waals surface area contributed by atoms with Crippen molar-refractivity contribution < 1.29 is 14.6 Å². The van der Waals surface area contributed by atoms with Crippen molar-refractivity contribution in [3.8, 4) is 0 Å². The summed E-state index contributed by atoms with van der Waals surface area (Å²) in [7, 11) is 0. The van der Waals surface area contributed by atoms with Gasteiger partial charge in [0.05, 0.1) is 0 Å². The van der Waals surface area contributed by atoms with E-state index in [1.54, 1.807) is 6.92 Å². The molecule has 0 fully saturated rings. The first-order valence-corrected chi connectivity index (χ1v) is 3.85. The van der Waals surface area contributed by atoms with Crippen molar-refractivity contribution in [2.75, 3.05) is 6.61 Å². The van der Waals surface area contributed by atoms with Gasteiger partial charge in [0.25, 0.3) is 0 Å². The molecule has 1 atom stereocenters. The molecule has 0 aromatic carbocycles. The Balaban J connectivity index is 2.82. The fraction of sp³-hybridized carbons (Fsp3) is 0.375. The summed E-state index contributed by atoms with van der Waals surface area (Å²) < 4.78 is 5.01. The van der Waals surface area contributed by atoms with Crippen LogP contribution < -0.4 is 0 Å². The number of carbonyl (C=O) groups is 1. The van der Waals surface area contributed by atoms with Crippen molar-refractivity contribution in [3.05, 3.63) is 24.3 Å². The Bertz CT molecular complexity index is 276. The third-order valence-electron chi connectivity index (χ3n) is 1.44. The van der Waals surface area contributed by atoms with Gasteiger partial charge in [-0.25, -0.2) is 14.8 Å². The van der Waals surface area contributed by atoms with Gasteiger partial charge in [-0.2, -0.15) is 0 Å². The number of hydrogen-bond donors (Lipinski definition) is 1. The Morgan fingerprint density at radius 3 is 2.69 bits per heavy atom. The number of rotatable bonds is 4. The second-order valence-corrected chi connectivity index (χ2v) is 2.35. The van der Waals surface area contributed by atoms with Crippen molar-refractivity contribution in [2.24, 2.45) is 0 Å². The number of ether oxygens (including phenoxy) is 1. The number of aromatic nitrogens is 2. The van der Waals surface area contributed by atoms with E-state index in [0.717, 1.165) is 0 Å². The first-order chi connectivity index (χ1) is 6.25. The maximum absolute atomic E-state index is 10.7. The smallest absolute Gasteiger partial charge is 0.337 e. The fourth-order valence-electron chi connectivity index (χ4n) is 0.923. The highest BCUT2D eigenvalue weighted by Gasteiger charge is 2.19. The van der Waals surface area contributed by atoms with Gasteiger partial charge in [0, 0.05) is 24.6 Å². The van der Waals surface area contributed by atoms with E-state index in [2.05, 4.69) is 9.97 Å². The van der Waals surface area contributed by atoms with Gasteiger partial charge < -0.3 is 9.84 Å². The van der Waals surface area contributed by atoms with E-state index in [4.69, 9.17) is 9.84 Å².